The van der Waals surface area contributed by atoms with Crippen LogP contribution in [0.5, 0.6) is 0 Å². The Labute approximate surface area is 130 Å². The molecule has 1 aromatic heterocycles. The molecule has 1 amide bonds. The second kappa shape index (κ2) is 6.89. The van der Waals surface area contributed by atoms with E-state index < -0.39 is 0 Å². The Hall–Kier alpha value is -2.62. The van der Waals surface area contributed by atoms with E-state index in [1.54, 1.807) is 17.3 Å². The molecule has 1 aliphatic heterocycles. The molecule has 0 fully saturated rings. The largest absolute Gasteiger partial charge is 0.444 e. The molecule has 1 aromatic carbocycles. The number of hydrogen-bond donors (Lipinski definition) is 0. The molecule has 112 valence electrons. The molecule has 0 radical (unpaired) electrons. The third-order valence-electron chi connectivity index (χ3n) is 3.65. The van der Waals surface area contributed by atoms with Gasteiger partial charge in [0.25, 0.3) is 0 Å². The van der Waals surface area contributed by atoms with E-state index in [9.17, 15) is 4.79 Å². The lowest BCUT2D eigenvalue weighted by atomic mass is 10.0. The van der Waals surface area contributed by atoms with E-state index >= 15 is 0 Å². The number of rotatable bonds is 3. The summed E-state index contributed by atoms with van der Waals surface area (Å²) in [7, 11) is 0. The second-order valence-corrected chi connectivity index (χ2v) is 5.18. The van der Waals surface area contributed by atoms with Gasteiger partial charge in [-0.25, -0.2) is 4.79 Å². The highest BCUT2D eigenvalue weighted by molar-refractivity contribution is 5.69. The van der Waals surface area contributed by atoms with Gasteiger partial charge in [0.15, 0.2) is 0 Å². The van der Waals surface area contributed by atoms with Crippen LogP contribution in [-0.2, 0) is 11.3 Å². The number of pyridine rings is 1. The number of carbonyl (C=O) groups excluding carboxylic acids is 1. The molecule has 4 heteroatoms. The number of aromatic nitrogens is 1. The average molecular weight is 294 g/mol. The van der Waals surface area contributed by atoms with Gasteiger partial charge in [-0.15, -0.1) is 0 Å². The van der Waals surface area contributed by atoms with Gasteiger partial charge in [-0.1, -0.05) is 42.5 Å². The second-order valence-electron chi connectivity index (χ2n) is 5.18. The first-order chi connectivity index (χ1) is 10.8. The summed E-state index contributed by atoms with van der Waals surface area (Å²) in [6, 6.07) is 15.4. The quantitative estimate of drug-likeness (QED) is 0.857. The maximum Gasteiger partial charge on any atom is 0.414 e. The lowest BCUT2D eigenvalue weighted by Gasteiger charge is -2.30. The van der Waals surface area contributed by atoms with Crippen molar-refractivity contribution in [3.05, 3.63) is 78.3 Å². The van der Waals surface area contributed by atoms with Gasteiger partial charge in [-0.3, -0.25) is 9.88 Å². The molecule has 4 nitrogen and oxygen atoms in total. The lowest BCUT2D eigenvalue weighted by molar-refractivity contribution is 0.0942. The Bertz CT molecular complexity index is 641. The summed E-state index contributed by atoms with van der Waals surface area (Å²) in [5.41, 5.74) is 1.87. The molecular weight excluding hydrogens is 276 g/mol. The third-order valence-corrected chi connectivity index (χ3v) is 3.65. The number of amides is 1. The van der Waals surface area contributed by atoms with Crippen molar-refractivity contribution in [1.82, 2.24) is 9.88 Å². The minimum absolute atomic E-state index is 0.0607. The van der Waals surface area contributed by atoms with Crippen LogP contribution in [0.4, 0.5) is 4.79 Å². The van der Waals surface area contributed by atoms with E-state index in [0.29, 0.717) is 0 Å². The summed E-state index contributed by atoms with van der Waals surface area (Å²) in [6.45, 7) is 0.277. The van der Waals surface area contributed by atoms with Crippen molar-refractivity contribution in [2.75, 3.05) is 0 Å². The Kier molecular flexibility index (Phi) is 4.49. The topological polar surface area (TPSA) is 42.4 Å². The number of carbonyl (C=O) groups is 1. The molecule has 0 bridgehead atoms. The van der Waals surface area contributed by atoms with E-state index in [0.717, 1.165) is 24.1 Å². The molecule has 1 atom stereocenters. The molecule has 0 N–H and O–H groups in total. The molecule has 22 heavy (non-hydrogen) atoms. The van der Waals surface area contributed by atoms with Crippen LogP contribution in [0.3, 0.4) is 0 Å². The number of hydrogen-bond acceptors (Lipinski definition) is 3. The van der Waals surface area contributed by atoms with E-state index in [1.165, 1.54) is 0 Å². The normalized spacial score (nSPS) is 17.3. The molecule has 0 saturated carbocycles. The Morgan fingerprint density at radius 3 is 2.77 bits per heavy atom. The fraction of sp³-hybridized carbons (Fsp3) is 0.222. The molecule has 2 aromatic rings. The molecule has 0 aliphatic carbocycles. The first kappa shape index (κ1) is 14.3. The predicted octanol–water partition coefficient (Wildman–Crippen LogP) is 4.07. The zero-order chi connectivity index (χ0) is 15.2. The molecule has 0 saturated heterocycles. The lowest BCUT2D eigenvalue weighted by Crippen LogP contribution is -2.33. The first-order valence-electron chi connectivity index (χ1n) is 7.41. The fourth-order valence-corrected chi connectivity index (χ4v) is 2.53. The predicted molar refractivity (Wildman–Crippen MR) is 83.8 cm³/mol. The molecule has 0 spiro atoms. The zero-order valence-electron chi connectivity index (χ0n) is 12.3. The van der Waals surface area contributed by atoms with Crippen LogP contribution in [0.1, 0.15) is 30.1 Å². The summed E-state index contributed by atoms with van der Waals surface area (Å²) >= 11 is 0. The summed E-state index contributed by atoms with van der Waals surface area (Å²) < 4.78 is 5.43. The van der Waals surface area contributed by atoms with E-state index in [1.807, 2.05) is 54.6 Å². The van der Waals surface area contributed by atoms with Gasteiger partial charge in [0, 0.05) is 12.4 Å². The Morgan fingerprint density at radius 1 is 1.18 bits per heavy atom. The zero-order valence-corrected chi connectivity index (χ0v) is 12.3. The van der Waals surface area contributed by atoms with Crippen LogP contribution in [0.25, 0.3) is 0 Å². The van der Waals surface area contributed by atoms with Gasteiger partial charge >= 0.3 is 6.09 Å². The molecule has 2 heterocycles. The van der Waals surface area contributed by atoms with Gasteiger partial charge < -0.3 is 4.74 Å². The van der Waals surface area contributed by atoms with E-state index in [2.05, 4.69) is 4.98 Å². The van der Waals surface area contributed by atoms with Gasteiger partial charge in [0.2, 0.25) is 0 Å². The van der Waals surface area contributed by atoms with Crippen molar-refractivity contribution in [2.45, 2.75) is 25.5 Å². The van der Waals surface area contributed by atoms with Crippen LogP contribution in [-0.4, -0.2) is 16.0 Å². The van der Waals surface area contributed by atoms with Gasteiger partial charge in [0.1, 0.15) is 6.61 Å². The highest BCUT2D eigenvalue weighted by Crippen LogP contribution is 2.29. The maximum absolute atomic E-state index is 12.4. The fourth-order valence-electron chi connectivity index (χ4n) is 2.53. The summed E-state index contributed by atoms with van der Waals surface area (Å²) in [5, 5.41) is 0. The van der Waals surface area contributed by atoms with Crippen molar-refractivity contribution in [2.24, 2.45) is 0 Å². The molecule has 1 unspecified atom stereocenters. The van der Waals surface area contributed by atoms with Crippen LogP contribution in [0, 0.1) is 0 Å². The number of allylic oxidation sites excluding steroid dienone is 1. The van der Waals surface area contributed by atoms with Gasteiger partial charge in [0.05, 0.1) is 11.7 Å². The number of nitrogens with zero attached hydrogens (tertiary/aromatic N) is 2. The maximum atomic E-state index is 12.4. The summed E-state index contributed by atoms with van der Waals surface area (Å²) in [6.07, 6.45) is 6.99. The smallest absolute Gasteiger partial charge is 0.414 e. The third kappa shape index (κ3) is 3.34. The highest BCUT2D eigenvalue weighted by atomic mass is 16.6. The van der Waals surface area contributed by atoms with Crippen molar-refractivity contribution in [3.63, 3.8) is 0 Å². The minimum atomic E-state index is -0.338. The number of benzene rings is 1. The molecule has 3 rings (SSSR count). The SMILES string of the molecule is O=C(OCc1ccccc1)N1C=CCCC1c1ccccn1. The summed E-state index contributed by atoms with van der Waals surface area (Å²) in [4.78, 5) is 18.4. The van der Waals surface area contributed by atoms with Gasteiger partial charge in [-0.2, -0.15) is 0 Å². The van der Waals surface area contributed by atoms with Crippen LogP contribution < -0.4 is 0 Å². The van der Waals surface area contributed by atoms with Crippen molar-refractivity contribution >= 4 is 6.09 Å². The number of ether oxygens (including phenoxy) is 1. The first-order valence-corrected chi connectivity index (χ1v) is 7.41. The average Bonchev–Trinajstić information content (AvgIpc) is 2.61. The van der Waals surface area contributed by atoms with Crippen LogP contribution >= 0.6 is 0 Å². The van der Waals surface area contributed by atoms with Crippen LogP contribution in [0.2, 0.25) is 0 Å². The highest BCUT2D eigenvalue weighted by Gasteiger charge is 2.27. The Morgan fingerprint density at radius 2 is 2.00 bits per heavy atom. The molecule has 1 aliphatic rings. The van der Waals surface area contributed by atoms with Crippen molar-refractivity contribution in [1.29, 1.82) is 0 Å². The molecular formula is C18H18N2O2. The van der Waals surface area contributed by atoms with Crippen LogP contribution in [0.15, 0.2) is 67.0 Å². The van der Waals surface area contributed by atoms with E-state index in [4.69, 9.17) is 4.74 Å². The van der Waals surface area contributed by atoms with Crippen molar-refractivity contribution in [3.8, 4) is 0 Å². The minimum Gasteiger partial charge on any atom is -0.444 e. The van der Waals surface area contributed by atoms with Crippen molar-refractivity contribution < 1.29 is 9.53 Å². The van der Waals surface area contributed by atoms with E-state index in [-0.39, 0.29) is 18.7 Å². The standard InChI is InChI=1S/C18H18N2O2/c21-18(22-14-15-8-2-1-3-9-15)20-13-7-5-11-17(20)16-10-4-6-12-19-16/h1-4,6-10,12-13,17H,5,11,14H2. The van der Waals surface area contributed by atoms with Gasteiger partial charge in [-0.05, 0) is 30.5 Å². The Balaban J connectivity index is 1.69. The summed E-state index contributed by atoms with van der Waals surface area (Å²) in [5.74, 6) is 0. The monoisotopic (exact) mass is 294 g/mol.